The molecule has 1 aliphatic rings. The molecule has 0 bridgehead atoms. The maximum absolute atomic E-state index is 14.7. The number of hydrogen-bond acceptors (Lipinski definition) is 3. The lowest BCUT2D eigenvalue weighted by atomic mass is 9.84. The lowest BCUT2D eigenvalue weighted by Crippen LogP contribution is -2.50. The van der Waals surface area contributed by atoms with Gasteiger partial charge in [-0.2, -0.15) is 0 Å². The van der Waals surface area contributed by atoms with Crippen LogP contribution >= 0.6 is 0 Å². The van der Waals surface area contributed by atoms with Gasteiger partial charge in [-0.15, -0.1) is 0 Å². The molecule has 6 heteroatoms. The molecule has 2 atom stereocenters. The summed E-state index contributed by atoms with van der Waals surface area (Å²) in [6, 6.07) is 4.72. The summed E-state index contributed by atoms with van der Waals surface area (Å²) in [6.45, 7) is 4.84. The zero-order valence-electron chi connectivity index (χ0n) is 13.8. The molecule has 1 amide bonds. The van der Waals surface area contributed by atoms with Crippen molar-refractivity contribution in [2.24, 2.45) is 5.92 Å². The molecule has 2 rings (SSSR count). The van der Waals surface area contributed by atoms with Crippen LogP contribution in [0.2, 0.25) is 0 Å². The number of benzene rings is 1. The summed E-state index contributed by atoms with van der Waals surface area (Å²) >= 11 is 0. The topological polar surface area (TPSA) is 60.9 Å². The van der Waals surface area contributed by atoms with Crippen LogP contribution in [0.5, 0.6) is 0 Å². The number of amides is 1. The van der Waals surface area contributed by atoms with Crippen LogP contribution in [0.25, 0.3) is 0 Å². The second kappa shape index (κ2) is 6.66. The number of alkyl halides is 1. The van der Waals surface area contributed by atoms with Crippen molar-refractivity contribution in [3.63, 3.8) is 0 Å². The van der Waals surface area contributed by atoms with Gasteiger partial charge < -0.3 is 14.9 Å². The van der Waals surface area contributed by atoms with Gasteiger partial charge in [0, 0.05) is 31.2 Å². The van der Waals surface area contributed by atoms with E-state index in [9.17, 15) is 14.0 Å². The molecule has 0 radical (unpaired) electrons. The standard InChI is InChI=1S/C17H23FN2O3/c1-12-8-14(4-5-15(12)16(22)23)20(11-21)10-13-9-19(3)7-6-17(13,2)18/h4-5,8,11,13H,6-7,9-10H2,1-3H3,(H,22,23)/t13-,17+/m1/s1. The van der Waals surface area contributed by atoms with Crippen LogP contribution in [0.4, 0.5) is 10.1 Å². The first-order chi connectivity index (χ1) is 10.7. The van der Waals surface area contributed by atoms with Gasteiger partial charge >= 0.3 is 5.97 Å². The van der Waals surface area contributed by atoms with E-state index in [1.165, 1.54) is 11.0 Å². The number of likely N-dealkylation sites (tertiary alicyclic amines) is 1. The first kappa shape index (κ1) is 17.4. The first-order valence-corrected chi connectivity index (χ1v) is 7.68. The Morgan fingerprint density at radius 1 is 1.57 bits per heavy atom. The highest BCUT2D eigenvalue weighted by molar-refractivity contribution is 5.90. The normalized spacial score (nSPS) is 25.1. The van der Waals surface area contributed by atoms with Crippen LogP contribution in [-0.4, -0.2) is 54.7 Å². The Balaban J connectivity index is 2.21. The predicted octanol–water partition coefficient (Wildman–Crippen LogP) is 2.34. The molecule has 1 saturated heterocycles. The summed E-state index contributed by atoms with van der Waals surface area (Å²) < 4.78 is 14.7. The second-order valence-electron chi connectivity index (χ2n) is 6.55. The van der Waals surface area contributed by atoms with E-state index in [2.05, 4.69) is 4.90 Å². The summed E-state index contributed by atoms with van der Waals surface area (Å²) in [5.41, 5.74) is 0.0496. The van der Waals surface area contributed by atoms with Gasteiger partial charge in [0.15, 0.2) is 0 Å². The van der Waals surface area contributed by atoms with Crippen LogP contribution in [-0.2, 0) is 4.79 Å². The molecule has 23 heavy (non-hydrogen) atoms. The van der Waals surface area contributed by atoms with Crippen molar-refractivity contribution in [3.05, 3.63) is 29.3 Å². The molecule has 1 N–H and O–H groups in total. The zero-order chi connectivity index (χ0) is 17.2. The molecule has 1 fully saturated rings. The number of carboxylic acid groups (broad SMARTS) is 1. The van der Waals surface area contributed by atoms with Gasteiger partial charge in [0.1, 0.15) is 5.67 Å². The van der Waals surface area contributed by atoms with Crippen molar-refractivity contribution in [2.45, 2.75) is 25.9 Å². The van der Waals surface area contributed by atoms with Gasteiger partial charge in [0.2, 0.25) is 6.41 Å². The highest BCUT2D eigenvalue weighted by Gasteiger charge is 2.39. The minimum Gasteiger partial charge on any atom is -0.478 e. The van der Waals surface area contributed by atoms with Crippen molar-refractivity contribution < 1.29 is 19.1 Å². The van der Waals surface area contributed by atoms with Crippen LogP contribution in [0, 0.1) is 12.8 Å². The maximum atomic E-state index is 14.7. The number of halogens is 1. The number of rotatable bonds is 5. The number of piperidine rings is 1. The van der Waals surface area contributed by atoms with Crippen molar-refractivity contribution in [3.8, 4) is 0 Å². The molecule has 1 heterocycles. The number of carbonyl (C=O) groups excluding carboxylic acids is 1. The van der Waals surface area contributed by atoms with E-state index < -0.39 is 11.6 Å². The van der Waals surface area contributed by atoms with E-state index in [0.29, 0.717) is 37.2 Å². The summed E-state index contributed by atoms with van der Waals surface area (Å²) in [7, 11) is 1.94. The Labute approximate surface area is 135 Å². The average molecular weight is 322 g/mol. The fourth-order valence-electron chi connectivity index (χ4n) is 3.03. The molecule has 5 nitrogen and oxygen atoms in total. The van der Waals surface area contributed by atoms with E-state index in [1.807, 2.05) is 7.05 Å². The van der Waals surface area contributed by atoms with Gasteiger partial charge in [0.05, 0.1) is 5.56 Å². The molecular weight excluding hydrogens is 299 g/mol. The van der Waals surface area contributed by atoms with Crippen LogP contribution in [0.1, 0.15) is 29.3 Å². The molecular formula is C17H23FN2O3. The average Bonchev–Trinajstić information content (AvgIpc) is 2.47. The molecule has 0 saturated carbocycles. The first-order valence-electron chi connectivity index (χ1n) is 7.68. The molecule has 1 aromatic rings. The molecule has 1 aromatic carbocycles. The largest absolute Gasteiger partial charge is 0.478 e. The van der Waals surface area contributed by atoms with Crippen molar-refractivity contribution >= 4 is 18.1 Å². The number of carbonyl (C=O) groups is 2. The fraction of sp³-hybridized carbons (Fsp3) is 0.529. The predicted molar refractivity (Wildman–Crippen MR) is 86.7 cm³/mol. The Hall–Kier alpha value is -1.95. The molecule has 126 valence electrons. The van der Waals surface area contributed by atoms with E-state index in [-0.39, 0.29) is 18.0 Å². The smallest absolute Gasteiger partial charge is 0.335 e. The van der Waals surface area contributed by atoms with Gasteiger partial charge in [-0.1, -0.05) is 0 Å². The van der Waals surface area contributed by atoms with Crippen molar-refractivity contribution in [2.75, 3.05) is 31.6 Å². The number of hydrogen-bond donors (Lipinski definition) is 1. The molecule has 0 spiro atoms. The number of nitrogens with zero attached hydrogens (tertiary/aromatic N) is 2. The lowest BCUT2D eigenvalue weighted by Gasteiger charge is -2.41. The SMILES string of the molecule is Cc1cc(N(C=O)C[C@H]2CN(C)CC[C@]2(C)F)ccc1C(=O)O. The third-order valence-electron chi connectivity index (χ3n) is 4.68. The molecule has 0 aliphatic carbocycles. The Morgan fingerprint density at radius 2 is 2.26 bits per heavy atom. The quantitative estimate of drug-likeness (QED) is 0.845. The monoisotopic (exact) mass is 322 g/mol. The van der Waals surface area contributed by atoms with Crippen molar-refractivity contribution in [1.29, 1.82) is 0 Å². The van der Waals surface area contributed by atoms with E-state index >= 15 is 0 Å². The molecule has 0 aromatic heterocycles. The second-order valence-corrected chi connectivity index (χ2v) is 6.55. The van der Waals surface area contributed by atoms with Crippen molar-refractivity contribution in [1.82, 2.24) is 4.90 Å². The third-order valence-corrected chi connectivity index (χ3v) is 4.68. The van der Waals surface area contributed by atoms with Crippen LogP contribution < -0.4 is 4.90 Å². The third kappa shape index (κ3) is 3.88. The Bertz CT molecular complexity index is 604. The minimum absolute atomic E-state index is 0.201. The fourth-order valence-corrected chi connectivity index (χ4v) is 3.03. The van der Waals surface area contributed by atoms with Gasteiger partial charge in [-0.05, 0) is 51.1 Å². The summed E-state index contributed by atoms with van der Waals surface area (Å²) in [6.07, 6.45) is 1.12. The summed E-state index contributed by atoms with van der Waals surface area (Å²) in [4.78, 5) is 26.1. The Morgan fingerprint density at radius 3 is 2.83 bits per heavy atom. The van der Waals surface area contributed by atoms with Crippen LogP contribution in [0.15, 0.2) is 18.2 Å². The number of aryl methyl sites for hydroxylation is 1. The molecule has 1 aliphatic heterocycles. The van der Waals surface area contributed by atoms with E-state index in [1.54, 1.807) is 26.0 Å². The summed E-state index contributed by atoms with van der Waals surface area (Å²) in [5, 5.41) is 9.07. The minimum atomic E-state index is -1.32. The zero-order valence-corrected chi connectivity index (χ0v) is 13.8. The van der Waals surface area contributed by atoms with Crippen LogP contribution in [0.3, 0.4) is 0 Å². The van der Waals surface area contributed by atoms with Gasteiger partial charge in [-0.3, -0.25) is 4.79 Å². The highest BCUT2D eigenvalue weighted by Crippen LogP contribution is 2.32. The molecule has 0 unspecified atom stereocenters. The van der Waals surface area contributed by atoms with Gasteiger partial charge in [0.25, 0.3) is 0 Å². The van der Waals surface area contributed by atoms with E-state index in [0.717, 1.165) is 0 Å². The lowest BCUT2D eigenvalue weighted by molar-refractivity contribution is -0.107. The maximum Gasteiger partial charge on any atom is 0.335 e. The van der Waals surface area contributed by atoms with Gasteiger partial charge in [-0.25, -0.2) is 9.18 Å². The summed E-state index contributed by atoms with van der Waals surface area (Å²) in [5.74, 6) is -1.29. The van der Waals surface area contributed by atoms with E-state index in [4.69, 9.17) is 5.11 Å². The number of aromatic carboxylic acids is 1. The Kier molecular flexibility index (Phi) is 5.04. The number of anilines is 1. The highest BCUT2D eigenvalue weighted by atomic mass is 19.1. The number of carboxylic acids is 1.